The summed E-state index contributed by atoms with van der Waals surface area (Å²) in [7, 11) is 0. The number of hydrogen-bond donors (Lipinski definition) is 3. The summed E-state index contributed by atoms with van der Waals surface area (Å²) in [5, 5.41) is 21.3. The molecule has 1 rings (SSSR count). The van der Waals surface area contributed by atoms with Gasteiger partial charge in [0.25, 0.3) is 0 Å². The molecule has 1 aliphatic rings. The van der Waals surface area contributed by atoms with Crippen LogP contribution in [0.4, 0.5) is 0 Å². The molecule has 0 amide bonds. The van der Waals surface area contributed by atoms with E-state index < -0.39 is 0 Å². The first kappa shape index (κ1) is 12.9. The molecule has 0 aromatic heterocycles. The molecule has 0 bridgehead atoms. The van der Waals surface area contributed by atoms with E-state index in [-0.39, 0.29) is 12.7 Å². The SMILES string of the molecule is OCCOCCNCC1CCCC(O)C1. The van der Waals surface area contributed by atoms with Crippen molar-refractivity contribution in [2.75, 3.05) is 32.9 Å². The number of aliphatic hydroxyl groups is 2. The van der Waals surface area contributed by atoms with Crippen LogP contribution in [0.15, 0.2) is 0 Å². The molecule has 0 aliphatic heterocycles. The molecule has 4 nitrogen and oxygen atoms in total. The van der Waals surface area contributed by atoms with Gasteiger partial charge in [0.05, 0.1) is 25.9 Å². The highest BCUT2D eigenvalue weighted by Gasteiger charge is 2.19. The van der Waals surface area contributed by atoms with Crippen LogP contribution < -0.4 is 5.32 Å². The van der Waals surface area contributed by atoms with Crippen LogP contribution in [-0.2, 0) is 4.74 Å². The standard InChI is InChI=1S/C11H23NO3/c13-5-7-15-6-4-12-9-10-2-1-3-11(14)8-10/h10-14H,1-9H2. The predicted molar refractivity (Wildman–Crippen MR) is 58.7 cm³/mol. The molecule has 90 valence electrons. The Morgan fingerprint density at radius 1 is 1.27 bits per heavy atom. The van der Waals surface area contributed by atoms with Crippen LogP contribution in [0.1, 0.15) is 25.7 Å². The van der Waals surface area contributed by atoms with E-state index in [0.29, 0.717) is 19.1 Å². The lowest BCUT2D eigenvalue weighted by atomic mass is 9.87. The van der Waals surface area contributed by atoms with Crippen molar-refractivity contribution in [1.29, 1.82) is 0 Å². The van der Waals surface area contributed by atoms with Crippen molar-refractivity contribution >= 4 is 0 Å². The maximum Gasteiger partial charge on any atom is 0.0698 e. The Bertz CT molecular complexity index is 155. The van der Waals surface area contributed by atoms with E-state index >= 15 is 0 Å². The lowest BCUT2D eigenvalue weighted by Gasteiger charge is -2.25. The Hall–Kier alpha value is -0.160. The Morgan fingerprint density at radius 3 is 2.87 bits per heavy atom. The van der Waals surface area contributed by atoms with E-state index in [0.717, 1.165) is 32.4 Å². The van der Waals surface area contributed by atoms with Crippen molar-refractivity contribution in [1.82, 2.24) is 5.32 Å². The average molecular weight is 217 g/mol. The Labute approximate surface area is 91.6 Å². The highest BCUT2D eigenvalue weighted by atomic mass is 16.5. The first-order chi connectivity index (χ1) is 7.33. The van der Waals surface area contributed by atoms with Crippen molar-refractivity contribution in [2.45, 2.75) is 31.8 Å². The van der Waals surface area contributed by atoms with E-state index in [1.807, 2.05) is 0 Å². The Morgan fingerprint density at radius 2 is 2.13 bits per heavy atom. The van der Waals surface area contributed by atoms with E-state index in [4.69, 9.17) is 9.84 Å². The number of nitrogens with one attached hydrogen (secondary N) is 1. The smallest absolute Gasteiger partial charge is 0.0698 e. The third-order valence-electron chi connectivity index (χ3n) is 2.85. The van der Waals surface area contributed by atoms with Gasteiger partial charge < -0.3 is 20.3 Å². The fraction of sp³-hybridized carbons (Fsp3) is 1.00. The summed E-state index contributed by atoms with van der Waals surface area (Å²) in [6.07, 6.45) is 4.19. The predicted octanol–water partition coefficient (Wildman–Crippen LogP) is 0.136. The van der Waals surface area contributed by atoms with Gasteiger partial charge in [-0.3, -0.25) is 0 Å². The van der Waals surface area contributed by atoms with Crippen molar-refractivity contribution in [3.05, 3.63) is 0 Å². The molecule has 0 saturated heterocycles. The van der Waals surface area contributed by atoms with Gasteiger partial charge in [0.1, 0.15) is 0 Å². The maximum atomic E-state index is 9.47. The second-order valence-electron chi connectivity index (χ2n) is 4.23. The Kier molecular flexibility index (Phi) is 6.92. The zero-order valence-electron chi connectivity index (χ0n) is 9.32. The Balaban J connectivity index is 1.90. The number of rotatable bonds is 7. The molecule has 1 fully saturated rings. The summed E-state index contributed by atoms with van der Waals surface area (Å²) in [6.45, 7) is 2.96. The van der Waals surface area contributed by atoms with Crippen molar-refractivity contribution < 1.29 is 14.9 Å². The van der Waals surface area contributed by atoms with Crippen molar-refractivity contribution in [3.8, 4) is 0 Å². The van der Waals surface area contributed by atoms with E-state index in [9.17, 15) is 5.11 Å². The molecule has 15 heavy (non-hydrogen) atoms. The number of ether oxygens (including phenoxy) is 1. The van der Waals surface area contributed by atoms with Gasteiger partial charge in [0.2, 0.25) is 0 Å². The first-order valence-corrected chi connectivity index (χ1v) is 5.90. The van der Waals surface area contributed by atoms with Gasteiger partial charge in [-0.2, -0.15) is 0 Å². The summed E-state index contributed by atoms with van der Waals surface area (Å²) in [4.78, 5) is 0. The molecule has 0 spiro atoms. The largest absolute Gasteiger partial charge is 0.394 e. The van der Waals surface area contributed by atoms with Crippen LogP contribution in [0.2, 0.25) is 0 Å². The molecular formula is C11H23NO3. The molecule has 0 heterocycles. The summed E-state index contributed by atoms with van der Waals surface area (Å²) in [5.74, 6) is 0.617. The van der Waals surface area contributed by atoms with E-state index in [2.05, 4.69) is 5.32 Å². The molecule has 1 saturated carbocycles. The molecular weight excluding hydrogens is 194 g/mol. The van der Waals surface area contributed by atoms with Crippen LogP contribution in [0.3, 0.4) is 0 Å². The lowest BCUT2D eigenvalue weighted by Crippen LogP contribution is -2.31. The van der Waals surface area contributed by atoms with Gasteiger partial charge in [-0.15, -0.1) is 0 Å². The fourth-order valence-corrected chi connectivity index (χ4v) is 2.07. The molecule has 2 atom stereocenters. The second-order valence-corrected chi connectivity index (χ2v) is 4.23. The quantitative estimate of drug-likeness (QED) is 0.531. The van der Waals surface area contributed by atoms with Gasteiger partial charge >= 0.3 is 0 Å². The van der Waals surface area contributed by atoms with Crippen LogP contribution in [0.25, 0.3) is 0 Å². The molecule has 1 aliphatic carbocycles. The third-order valence-corrected chi connectivity index (χ3v) is 2.85. The molecule has 3 N–H and O–H groups in total. The van der Waals surface area contributed by atoms with E-state index in [1.54, 1.807) is 0 Å². The number of hydrogen-bond acceptors (Lipinski definition) is 4. The minimum absolute atomic E-state index is 0.0869. The monoisotopic (exact) mass is 217 g/mol. The topological polar surface area (TPSA) is 61.7 Å². The molecule has 0 aromatic carbocycles. The van der Waals surface area contributed by atoms with E-state index in [1.165, 1.54) is 6.42 Å². The zero-order chi connectivity index (χ0) is 10.9. The fourth-order valence-electron chi connectivity index (χ4n) is 2.07. The summed E-state index contributed by atoms with van der Waals surface area (Å²) < 4.78 is 5.13. The average Bonchev–Trinajstić information content (AvgIpc) is 2.23. The molecule has 0 aromatic rings. The minimum atomic E-state index is -0.0869. The summed E-state index contributed by atoms with van der Waals surface area (Å²) >= 11 is 0. The van der Waals surface area contributed by atoms with Crippen LogP contribution >= 0.6 is 0 Å². The summed E-state index contributed by atoms with van der Waals surface area (Å²) in [6, 6.07) is 0. The van der Waals surface area contributed by atoms with Crippen molar-refractivity contribution in [3.63, 3.8) is 0 Å². The third kappa shape index (κ3) is 6.10. The second kappa shape index (κ2) is 8.05. The normalized spacial score (nSPS) is 26.8. The van der Waals surface area contributed by atoms with Crippen molar-refractivity contribution in [2.24, 2.45) is 5.92 Å². The lowest BCUT2D eigenvalue weighted by molar-refractivity contribution is 0.0875. The highest BCUT2D eigenvalue weighted by molar-refractivity contribution is 4.73. The molecule has 0 radical (unpaired) electrons. The van der Waals surface area contributed by atoms with Gasteiger partial charge in [-0.1, -0.05) is 6.42 Å². The highest BCUT2D eigenvalue weighted by Crippen LogP contribution is 2.23. The van der Waals surface area contributed by atoms with Gasteiger partial charge in [0.15, 0.2) is 0 Å². The molecule has 4 heteroatoms. The van der Waals surface area contributed by atoms with Crippen LogP contribution in [0.5, 0.6) is 0 Å². The summed E-state index contributed by atoms with van der Waals surface area (Å²) in [5.41, 5.74) is 0. The molecule has 2 unspecified atom stereocenters. The number of aliphatic hydroxyl groups excluding tert-OH is 2. The van der Waals surface area contributed by atoms with Gasteiger partial charge in [-0.25, -0.2) is 0 Å². The van der Waals surface area contributed by atoms with Crippen LogP contribution in [0, 0.1) is 5.92 Å². The van der Waals surface area contributed by atoms with Gasteiger partial charge in [-0.05, 0) is 31.7 Å². The minimum Gasteiger partial charge on any atom is -0.394 e. The first-order valence-electron chi connectivity index (χ1n) is 5.90. The van der Waals surface area contributed by atoms with Crippen LogP contribution in [-0.4, -0.2) is 49.2 Å². The zero-order valence-corrected chi connectivity index (χ0v) is 9.32. The van der Waals surface area contributed by atoms with Gasteiger partial charge in [0, 0.05) is 6.54 Å². The maximum absolute atomic E-state index is 9.47.